The second-order valence-electron chi connectivity index (χ2n) is 9.65. The van der Waals surface area contributed by atoms with Crippen LogP contribution in [-0.2, 0) is 16.0 Å². The van der Waals surface area contributed by atoms with Gasteiger partial charge in [0.1, 0.15) is 12.1 Å². The number of carbonyl (C=O) groups is 3. The average molecular weight is 473 g/mol. The van der Waals surface area contributed by atoms with Crippen LogP contribution in [0.1, 0.15) is 66.8 Å². The lowest BCUT2D eigenvalue weighted by Crippen LogP contribution is -2.58. The van der Waals surface area contributed by atoms with E-state index in [1.807, 2.05) is 63.2 Å². The van der Waals surface area contributed by atoms with Crippen LogP contribution in [0, 0.1) is 5.92 Å². The Kier molecular flexibility index (Phi) is 6.09. The highest BCUT2D eigenvalue weighted by molar-refractivity contribution is 6.04. The van der Waals surface area contributed by atoms with Crippen molar-refractivity contribution < 1.29 is 14.4 Å². The van der Waals surface area contributed by atoms with E-state index in [0.29, 0.717) is 18.5 Å². The number of para-hydroxylation sites is 1. The zero-order valence-corrected chi connectivity index (χ0v) is 20.4. The first kappa shape index (κ1) is 23.1. The molecule has 3 heterocycles. The number of fused-ring (bicyclic) bond motifs is 7. The minimum Gasteiger partial charge on any atom is -0.356 e. The van der Waals surface area contributed by atoms with Crippen molar-refractivity contribution >= 4 is 28.6 Å². The Morgan fingerprint density at radius 1 is 1.11 bits per heavy atom. The molecule has 3 aromatic rings. The van der Waals surface area contributed by atoms with Crippen molar-refractivity contribution in [2.24, 2.45) is 5.92 Å². The fourth-order valence-electron chi connectivity index (χ4n) is 5.45. The molecule has 2 aromatic carbocycles. The fraction of sp³-hybridized carbons (Fsp3) is 0.393. The zero-order valence-electron chi connectivity index (χ0n) is 20.4. The number of hydrogen-bond acceptors (Lipinski definition) is 3. The maximum absolute atomic E-state index is 13.8. The molecule has 2 aliphatic heterocycles. The normalized spacial score (nSPS) is 20.1. The summed E-state index contributed by atoms with van der Waals surface area (Å²) >= 11 is 0. The molecule has 182 valence electrons. The van der Waals surface area contributed by atoms with Gasteiger partial charge in [-0.05, 0) is 35.6 Å². The number of hydrogen-bond donors (Lipinski definition) is 3. The maximum atomic E-state index is 13.8. The number of benzene rings is 2. The highest BCUT2D eigenvalue weighted by atomic mass is 16.2. The molecular formula is C28H32N4O3. The number of carbonyl (C=O) groups excluding carboxylic acids is 3. The van der Waals surface area contributed by atoms with Crippen molar-refractivity contribution in [3.8, 4) is 0 Å². The number of nitrogens with zero attached hydrogens (tertiary/aromatic N) is 1. The Balaban J connectivity index is 1.55. The third-order valence-electron chi connectivity index (χ3n) is 7.50. The van der Waals surface area contributed by atoms with Gasteiger partial charge in [-0.3, -0.25) is 14.4 Å². The number of H-pyrrole nitrogens is 1. The molecule has 5 rings (SSSR count). The summed E-state index contributed by atoms with van der Waals surface area (Å²) in [4.78, 5) is 45.5. The first-order chi connectivity index (χ1) is 17.0. The summed E-state index contributed by atoms with van der Waals surface area (Å²) in [6, 6.07) is 13.9. The monoisotopic (exact) mass is 472 g/mol. The van der Waals surface area contributed by atoms with Crippen LogP contribution in [0.3, 0.4) is 0 Å². The van der Waals surface area contributed by atoms with Crippen LogP contribution in [-0.4, -0.2) is 46.2 Å². The second kappa shape index (κ2) is 9.21. The Hall–Kier alpha value is -3.61. The smallest absolute Gasteiger partial charge is 0.255 e. The summed E-state index contributed by atoms with van der Waals surface area (Å²) in [6.07, 6.45) is 1.96. The Labute approximate surface area is 205 Å². The molecule has 4 unspecified atom stereocenters. The van der Waals surface area contributed by atoms with Crippen LogP contribution in [0.25, 0.3) is 10.9 Å². The predicted molar refractivity (Wildman–Crippen MR) is 135 cm³/mol. The van der Waals surface area contributed by atoms with Gasteiger partial charge in [0, 0.05) is 35.1 Å². The van der Waals surface area contributed by atoms with Crippen LogP contribution in [0.4, 0.5) is 0 Å². The molecule has 0 spiro atoms. The van der Waals surface area contributed by atoms with Crippen molar-refractivity contribution in [1.29, 1.82) is 0 Å². The number of nitrogens with one attached hydrogen (secondary N) is 3. The van der Waals surface area contributed by atoms with E-state index >= 15 is 0 Å². The van der Waals surface area contributed by atoms with E-state index < -0.39 is 12.1 Å². The predicted octanol–water partition coefficient (Wildman–Crippen LogP) is 3.69. The molecule has 3 N–H and O–H groups in total. The molecule has 3 amide bonds. The minimum atomic E-state index is -0.711. The molecule has 35 heavy (non-hydrogen) atoms. The first-order valence-corrected chi connectivity index (χ1v) is 12.5. The van der Waals surface area contributed by atoms with E-state index in [0.717, 1.165) is 40.6 Å². The molecule has 2 aliphatic rings. The summed E-state index contributed by atoms with van der Waals surface area (Å²) in [5.74, 6) is -0.648. The van der Waals surface area contributed by atoms with E-state index in [1.54, 1.807) is 4.90 Å². The zero-order chi connectivity index (χ0) is 24.7. The quantitative estimate of drug-likeness (QED) is 0.489. The number of rotatable bonds is 7. The molecule has 0 fully saturated rings. The Morgan fingerprint density at radius 2 is 1.86 bits per heavy atom. The van der Waals surface area contributed by atoms with Crippen LogP contribution in [0.5, 0.6) is 0 Å². The summed E-state index contributed by atoms with van der Waals surface area (Å²) < 4.78 is 0. The van der Waals surface area contributed by atoms with Crippen molar-refractivity contribution in [2.45, 2.75) is 58.2 Å². The van der Waals surface area contributed by atoms with Gasteiger partial charge in [0.05, 0.1) is 6.04 Å². The highest BCUT2D eigenvalue weighted by Crippen LogP contribution is 2.46. The van der Waals surface area contributed by atoms with E-state index in [1.165, 1.54) is 0 Å². The molecule has 4 atom stereocenters. The summed E-state index contributed by atoms with van der Waals surface area (Å²) in [6.45, 7) is 6.53. The van der Waals surface area contributed by atoms with Gasteiger partial charge in [-0.1, -0.05) is 63.6 Å². The van der Waals surface area contributed by atoms with Gasteiger partial charge >= 0.3 is 0 Å². The lowest BCUT2D eigenvalue weighted by Gasteiger charge is -2.38. The molecular weight excluding hydrogens is 440 g/mol. The van der Waals surface area contributed by atoms with Crippen LogP contribution < -0.4 is 10.6 Å². The molecule has 1 aromatic heterocycles. The van der Waals surface area contributed by atoms with E-state index in [2.05, 4.69) is 21.7 Å². The third-order valence-corrected chi connectivity index (χ3v) is 7.50. The summed E-state index contributed by atoms with van der Waals surface area (Å²) in [7, 11) is 0. The third kappa shape index (κ3) is 3.79. The van der Waals surface area contributed by atoms with Crippen LogP contribution >= 0.6 is 0 Å². The lowest BCUT2D eigenvalue weighted by molar-refractivity contribution is -0.133. The number of aromatic nitrogens is 1. The molecule has 0 saturated carbocycles. The molecule has 7 nitrogen and oxygen atoms in total. The Morgan fingerprint density at radius 3 is 2.63 bits per heavy atom. The van der Waals surface area contributed by atoms with Crippen molar-refractivity contribution in [3.63, 3.8) is 0 Å². The molecule has 0 saturated heterocycles. The van der Waals surface area contributed by atoms with Crippen molar-refractivity contribution in [1.82, 2.24) is 20.5 Å². The van der Waals surface area contributed by atoms with Crippen LogP contribution in [0.15, 0.2) is 48.5 Å². The second-order valence-corrected chi connectivity index (χ2v) is 9.65. The highest BCUT2D eigenvalue weighted by Gasteiger charge is 2.49. The Bertz CT molecular complexity index is 1300. The number of amides is 3. The number of aromatic amines is 1. The standard InChI is InChI=1S/C28H32N4O3/c1-4-14-29-27(34)23(16(3)5-2)31-26(33)22-15-20-17-10-8-9-13-21(17)30-24(20)25-18-11-6-7-12-19(18)28(35)32(22)25/h6-13,16,22-23,25,30H,4-5,14-15H2,1-3H3,(H,29,34)(H,31,33). The van der Waals surface area contributed by atoms with Crippen molar-refractivity contribution in [2.75, 3.05) is 6.54 Å². The summed E-state index contributed by atoms with van der Waals surface area (Å²) in [5.41, 5.74) is 4.55. The maximum Gasteiger partial charge on any atom is 0.255 e. The van der Waals surface area contributed by atoms with Gasteiger partial charge in [-0.15, -0.1) is 0 Å². The molecule has 0 radical (unpaired) electrons. The van der Waals surface area contributed by atoms with E-state index in [9.17, 15) is 14.4 Å². The van der Waals surface area contributed by atoms with Crippen LogP contribution in [0.2, 0.25) is 0 Å². The van der Waals surface area contributed by atoms with E-state index in [4.69, 9.17) is 0 Å². The minimum absolute atomic E-state index is 0.0367. The van der Waals surface area contributed by atoms with Gasteiger partial charge in [0.25, 0.3) is 5.91 Å². The molecule has 7 heteroatoms. The van der Waals surface area contributed by atoms with Gasteiger partial charge < -0.3 is 20.5 Å². The van der Waals surface area contributed by atoms with Gasteiger partial charge in [-0.25, -0.2) is 0 Å². The van der Waals surface area contributed by atoms with Gasteiger partial charge in [0.2, 0.25) is 11.8 Å². The average Bonchev–Trinajstić information content (AvgIpc) is 3.40. The van der Waals surface area contributed by atoms with Gasteiger partial charge in [0.15, 0.2) is 0 Å². The first-order valence-electron chi connectivity index (χ1n) is 12.5. The SMILES string of the molecule is CCCNC(=O)C(NC(=O)C1Cc2c([nH]c3ccccc23)C2c3ccccc3C(=O)N12)C(C)CC. The fourth-order valence-corrected chi connectivity index (χ4v) is 5.45. The molecule has 0 aliphatic carbocycles. The van der Waals surface area contributed by atoms with E-state index in [-0.39, 0.29) is 29.7 Å². The molecule has 0 bridgehead atoms. The van der Waals surface area contributed by atoms with Gasteiger partial charge in [-0.2, -0.15) is 0 Å². The lowest BCUT2D eigenvalue weighted by atomic mass is 9.89. The topological polar surface area (TPSA) is 94.3 Å². The largest absolute Gasteiger partial charge is 0.356 e. The van der Waals surface area contributed by atoms with Crippen molar-refractivity contribution in [3.05, 3.63) is 70.9 Å². The summed E-state index contributed by atoms with van der Waals surface area (Å²) in [5, 5.41) is 7.01.